The van der Waals surface area contributed by atoms with E-state index in [0.29, 0.717) is 13.0 Å². The second-order valence-corrected chi connectivity index (χ2v) is 4.73. The van der Waals surface area contributed by atoms with Crippen molar-refractivity contribution >= 4 is 17.6 Å². The number of nitro benzene ring substituents is 1. The fraction of sp³-hybridized carbons (Fsp3) is 0.579. The van der Waals surface area contributed by atoms with Crippen LogP contribution in [0.5, 0.6) is 5.75 Å². The first kappa shape index (κ1) is 27.5. The summed E-state index contributed by atoms with van der Waals surface area (Å²) in [5, 5.41) is 13.6. The van der Waals surface area contributed by atoms with Crippen LogP contribution in [0.15, 0.2) is 18.2 Å². The zero-order chi connectivity index (χ0) is 22.1. The summed E-state index contributed by atoms with van der Waals surface area (Å²) in [7, 11) is 2.70. The van der Waals surface area contributed by atoms with Gasteiger partial charge in [-0.05, 0) is 18.6 Å². The Morgan fingerprint density at radius 2 is 1.75 bits per heavy atom. The van der Waals surface area contributed by atoms with E-state index in [1.807, 2.05) is 27.7 Å². The molecule has 1 aromatic rings. The van der Waals surface area contributed by atoms with Gasteiger partial charge in [0.15, 0.2) is 0 Å². The molecule has 0 unspecified atom stereocenters. The molecule has 0 aliphatic carbocycles. The van der Waals surface area contributed by atoms with Crippen molar-refractivity contribution in [2.45, 2.75) is 47.1 Å². The van der Waals surface area contributed by atoms with Crippen molar-refractivity contribution in [2.75, 3.05) is 27.4 Å². The van der Waals surface area contributed by atoms with Gasteiger partial charge in [-0.25, -0.2) is 4.79 Å². The minimum absolute atomic E-state index is 0.165. The van der Waals surface area contributed by atoms with Gasteiger partial charge in [-0.15, -0.1) is 0 Å². The number of ether oxygens (including phenoxy) is 3. The quantitative estimate of drug-likeness (QED) is 0.292. The number of amides is 1. The molecule has 1 atom stereocenters. The van der Waals surface area contributed by atoms with E-state index in [-0.39, 0.29) is 17.9 Å². The first-order chi connectivity index (χ1) is 13.4. The summed E-state index contributed by atoms with van der Waals surface area (Å²) in [6, 6.07) is 3.00. The third-order valence-corrected chi connectivity index (χ3v) is 3.17. The summed E-state index contributed by atoms with van der Waals surface area (Å²) < 4.78 is 14.7. The van der Waals surface area contributed by atoms with Gasteiger partial charge in [0.25, 0.3) is 11.6 Å². The first-order valence-corrected chi connectivity index (χ1v) is 9.23. The number of methoxy groups -OCH3 is 2. The van der Waals surface area contributed by atoms with Gasteiger partial charge in [0, 0.05) is 7.11 Å². The lowest BCUT2D eigenvalue weighted by molar-refractivity contribution is -0.385. The summed E-state index contributed by atoms with van der Waals surface area (Å²) >= 11 is 0. The average molecular weight is 400 g/mol. The molecule has 0 aliphatic heterocycles. The maximum Gasteiger partial charge on any atom is 0.328 e. The highest BCUT2D eigenvalue weighted by atomic mass is 16.6. The number of nitrogens with zero attached hydrogens (tertiary/aromatic N) is 1. The fourth-order valence-corrected chi connectivity index (χ4v) is 1.89. The second-order valence-electron chi connectivity index (χ2n) is 4.73. The highest BCUT2D eigenvalue weighted by Crippen LogP contribution is 2.25. The number of nitro groups is 1. The largest absolute Gasteiger partial charge is 0.491 e. The molecule has 0 saturated carbocycles. The molecule has 160 valence electrons. The number of hydrogen-bond acceptors (Lipinski definition) is 7. The summed E-state index contributed by atoms with van der Waals surface area (Å²) in [5.74, 6) is -1.11. The van der Waals surface area contributed by atoms with Crippen molar-refractivity contribution in [1.29, 1.82) is 0 Å². The Bertz CT molecular complexity index is 606. The molecule has 9 heteroatoms. The Hall–Kier alpha value is -2.68. The smallest absolute Gasteiger partial charge is 0.328 e. The van der Waals surface area contributed by atoms with Crippen molar-refractivity contribution in [3.63, 3.8) is 0 Å². The van der Waals surface area contributed by atoms with Crippen molar-refractivity contribution in [2.24, 2.45) is 0 Å². The van der Waals surface area contributed by atoms with E-state index in [2.05, 4.69) is 10.1 Å². The molecule has 0 heterocycles. The standard InChI is InChI=1S/C15H20N2O7.2C2H6/c1-4-12(15(19)23-3)16-14(18)11-6-5-10(24-8-7-22-2)9-13(11)17(20)21;2*1-2/h5-6,9,12H,4,7-8H2,1-3H3,(H,16,18);2*1-2H3/t12-;;/m0../s1. The summed E-state index contributed by atoms with van der Waals surface area (Å²) in [6.07, 6.45) is 0.296. The predicted octanol–water partition coefficient (Wildman–Crippen LogP) is 3.35. The Labute approximate surface area is 166 Å². The molecule has 0 radical (unpaired) electrons. The van der Waals surface area contributed by atoms with Gasteiger partial charge in [-0.1, -0.05) is 34.6 Å². The lowest BCUT2D eigenvalue weighted by Crippen LogP contribution is -2.41. The van der Waals surface area contributed by atoms with Gasteiger partial charge >= 0.3 is 5.97 Å². The van der Waals surface area contributed by atoms with Crippen LogP contribution in [0.1, 0.15) is 51.4 Å². The monoisotopic (exact) mass is 400 g/mol. The predicted molar refractivity (Wildman–Crippen MR) is 107 cm³/mol. The Kier molecular flexibility index (Phi) is 16.2. The number of rotatable bonds is 9. The van der Waals surface area contributed by atoms with Crippen molar-refractivity contribution < 1.29 is 28.7 Å². The molecule has 28 heavy (non-hydrogen) atoms. The third-order valence-electron chi connectivity index (χ3n) is 3.17. The van der Waals surface area contributed by atoms with Crippen LogP contribution in [-0.2, 0) is 14.3 Å². The first-order valence-electron chi connectivity index (χ1n) is 9.23. The molecule has 1 rings (SSSR count). The van der Waals surface area contributed by atoms with Crippen LogP contribution in [0.2, 0.25) is 0 Å². The molecule has 0 aliphatic rings. The topological polar surface area (TPSA) is 117 Å². The second kappa shape index (κ2) is 16.5. The van der Waals surface area contributed by atoms with E-state index in [9.17, 15) is 19.7 Å². The number of benzene rings is 1. The average Bonchev–Trinajstić information content (AvgIpc) is 2.74. The molecule has 9 nitrogen and oxygen atoms in total. The fourth-order valence-electron chi connectivity index (χ4n) is 1.89. The van der Waals surface area contributed by atoms with Gasteiger partial charge in [0.2, 0.25) is 0 Å². The highest BCUT2D eigenvalue weighted by molar-refractivity contribution is 6.00. The third kappa shape index (κ3) is 9.31. The normalized spacial score (nSPS) is 10.2. The number of hydrogen-bond donors (Lipinski definition) is 1. The Morgan fingerprint density at radius 3 is 2.21 bits per heavy atom. The van der Waals surface area contributed by atoms with E-state index in [1.165, 1.54) is 26.4 Å². The molecular weight excluding hydrogens is 368 g/mol. The Balaban J connectivity index is 0. The number of esters is 1. The van der Waals surface area contributed by atoms with Crippen LogP contribution in [0, 0.1) is 10.1 Å². The maximum atomic E-state index is 12.2. The van der Waals surface area contributed by atoms with Crippen molar-refractivity contribution in [1.82, 2.24) is 5.32 Å². The summed E-state index contributed by atoms with van der Waals surface area (Å²) in [6.45, 7) is 10.2. The van der Waals surface area contributed by atoms with Gasteiger partial charge < -0.3 is 19.5 Å². The lowest BCUT2D eigenvalue weighted by atomic mass is 10.1. The van der Waals surface area contributed by atoms with Gasteiger partial charge in [0.05, 0.1) is 24.7 Å². The van der Waals surface area contributed by atoms with Crippen molar-refractivity contribution in [3.8, 4) is 5.75 Å². The highest BCUT2D eigenvalue weighted by Gasteiger charge is 2.25. The molecule has 0 aromatic heterocycles. The van der Waals surface area contributed by atoms with Gasteiger partial charge in [0.1, 0.15) is 24.0 Å². The van der Waals surface area contributed by atoms with E-state index in [0.717, 1.165) is 6.07 Å². The SMILES string of the molecule is CC.CC.CC[C@H](NC(=O)c1ccc(OCCOC)cc1[N+](=O)[O-])C(=O)OC. The molecule has 0 bridgehead atoms. The van der Waals surface area contributed by atoms with E-state index >= 15 is 0 Å². The van der Waals surface area contributed by atoms with Crippen LogP contribution in [-0.4, -0.2) is 50.3 Å². The van der Waals surface area contributed by atoms with Crippen LogP contribution in [0.25, 0.3) is 0 Å². The zero-order valence-electron chi connectivity index (χ0n) is 17.7. The van der Waals surface area contributed by atoms with Crippen LogP contribution >= 0.6 is 0 Å². The van der Waals surface area contributed by atoms with Crippen LogP contribution < -0.4 is 10.1 Å². The lowest BCUT2D eigenvalue weighted by Gasteiger charge is -2.14. The van der Waals surface area contributed by atoms with E-state index in [1.54, 1.807) is 6.92 Å². The molecule has 1 amide bonds. The minimum Gasteiger partial charge on any atom is -0.491 e. The molecule has 0 fully saturated rings. The van der Waals surface area contributed by atoms with Gasteiger partial charge in [-0.3, -0.25) is 14.9 Å². The van der Waals surface area contributed by atoms with E-state index in [4.69, 9.17) is 9.47 Å². The zero-order valence-corrected chi connectivity index (χ0v) is 17.7. The molecule has 1 N–H and O–H groups in total. The minimum atomic E-state index is -0.875. The number of nitrogens with one attached hydrogen (secondary N) is 1. The summed E-state index contributed by atoms with van der Waals surface area (Å²) in [5.41, 5.74) is -0.580. The van der Waals surface area contributed by atoms with Crippen LogP contribution in [0.3, 0.4) is 0 Å². The van der Waals surface area contributed by atoms with E-state index < -0.39 is 28.5 Å². The number of carbonyl (C=O) groups is 2. The summed E-state index contributed by atoms with van der Waals surface area (Å²) in [4.78, 5) is 34.3. The molecule has 0 spiro atoms. The number of carbonyl (C=O) groups excluding carboxylic acids is 2. The Morgan fingerprint density at radius 1 is 1.14 bits per heavy atom. The molecule has 0 saturated heterocycles. The molecular formula is C19H32N2O7. The molecule has 1 aromatic carbocycles. The van der Waals surface area contributed by atoms with Crippen molar-refractivity contribution in [3.05, 3.63) is 33.9 Å². The maximum absolute atomic E-state index is 12.2. The van der Waals surface area contributed by atoms with Gasteiger partial charge in [-0.2, -0.15) is 0 Å². The van der Waals surface area contributed by atoms with Crippen LogP contribution in [0.4, 0.5) is 5.69 Å².